The number of carbonyl (C=O) groups excluding carboxylic acids is 2. The van der Waals surface area contributed by atoms with Crippen molar-refractivity contribution in [1.82, 2.24) is 0 Å². The lowest BCUT2D eigenvalue weighted by molar-refractivity contribution is -0.116. The molecule has 0 saturated carbocycles. The van der Waals surface area contributed by atoms with Gasteiger partial charge in [0.05, 0.1) is 0 Å². The molecule has 5 heteroatoms. The van der Waals surface area contributed by atoms with E-state index in [-0.39, 0.29) is 5.91 Å². The Kier molecular flexibility index (Phi) is 6.03. The third kappa shape index (κ3) is 5.26. The van der Waals surface area contributed by atoms with E-state index in [1.54, 1.807) is 36.0 Å². The van der Waals surface area contributed by atoms with Crippen molar-refractivity contribution in [3.05, 3.63) is 60.2 Å². The van der Waals surface area contributed by atoms with Gasteiger partial charge in [-0.25, -0.2) is 0 Å². The van der Waals surface area contributed by atoms with Gasteiger partial charge >= 0.3 is 0 Å². The summed E-state index contributed by atoms with van der Waals surface area (Å²) in [5, 5.41) is 2.81. The molecule has 2 rings (SSSR count). The van der Waals surface area contributed by atoms with Gasteiger partial charge in [-0.2, -0.15) is 0 Å². The number of carbonyl (C=O) groups is 2. The molecule has 0 heterocycles. The number of nitrogens with two attached hydrogens (primary N) is 1. The maximum Gasteiger partial charge on any atom is 0.248 e. The second-order valence-electron chi connectivity index (χ2n) is 4.75. The molecule has 4 nitrogen and oxygen atoms in total. The molecule has 0 aliphatic carbocycles. The number of hydrogen-bond donors (Lipinski definition) is 2. The van der Waals surface area contributed by atoms with Gasteiger partial charge in [0.25, 0.3) is 0 Å². The maximum atomic E-state index is 11.8. The van der Waals surface area contributed by atoms with E-state index in [2.05, 4.69) is 17.4 Å². The second-order valence-corrected chi connectivity index (χ2v) is 5.92. The monoisotopic (exact) mass is 314 g/mol. The van der Waals surface area contributed by atoms with Crippen LogP contribution in [0.4, 0.5) is 5.69 Å². The minimum absolute atomic E-state index is 0.0273. The smallest absolute Gasteiger partial charge is 0.248 e. The molecule has 0 aliphatic heterocycles. The molecule has 2 amide bonds. The number of hydrogen-bond acceptors (Lipinski definition) is 3. The van der Waals surface area contributed by atoms with Crippen LogP contribution in [0, 0.1) is 0 Å². The Balaban J connectivity index is 1.70. The number of anilines is 1. The van der Waals surface area contributed by atoms with Crippen LogP contribution < -0.4 is 11.1 Å². The third-order valence-corrected chi connectivity index (χ3v) is 4.11. The van der Waals surface area contributed by atoms with Gasteiger partial charge in [-0.15, -0.1) is 11.8 Å². The highest BCUT2D eigenvalue weighted by Crippen LogP contribution is 2.18. The van der Waals surface area contributed by atoms with Crippen LogP contribution in [0.3, 0.4) is 0 Å². The molecule has 2 aromatic carbocycles. The first kappa shape index (κ1) is 16.1. The van der Waals surface area contributed by atoms with Crippen LogP contribution in [0.5, 0.6) is 0 Å². The van der Waals surface area contributed by atoms with Crippen molar-refractivity contribution < 1.29 is 9.59 Å². The molecule has 114 valence electrons. The average Bonchev–Trinajstić information content (AvgIpc) is 2.53. The van der Waals surface area contributed by atoms with Gasteiger partial charge in [0.1, 0.15) is 0 Å². The summed E-state index contributed by atoms with van der Waals surface area (Å²) >= 11 is 1.74. The predicted molar refractivity (Wildman–Crippen MR) is 90.0 cm³/mol. The minimum Gasteiger partial charge on any atom is -0.366 e. The molecule has 0 fully saturated rings. The van der Waals surface area contributed by atoms with Crippen molar-refractivity contribution in [3.8, 4) is 0 Å². The molecule has 0 radical (unpaired) electrons. The number of rotatable bonds is 7. The van der Waals surface area contributed by atoms with Gasteiger partial charge in [0.15, 0.2) is 0 Å². The van der Waals surface area contributed by atoms with Crippen molar-refractivity contribution in [1.29, 1.82) is 0 Å². The van der Waals surface area contributed by atoms with Gasteiger partial charge in [-0.3, -0.25) is 9.59 Å². The van der Waals surface area contributed by atoms with E-state index in [0.717, 1.165) is 12.2 Å². The first-order valence-corrected chi connectivity index (χ1v) is 8.01. The summed E-state index contributed by atoms with van der Waals surface area (Å²) in [6.45, 7) is 0. The molecule has 0 saturated heterocycles. The summed E-state index contributed by atoms with van der Waals surface area (Å²) in [5.74, 6) is 0.397. The first-order valence-electron chi connectivity index (χ1n) is 7.03. The third-order valence-electron chi connectivity index (χ3n) is 3.01. The maximum absolute atomic E-state index is 11.8. The zero-order chi connectivity index (χ0) is 15.8. The highest BCUT2D eigenvalue weighted by Gasteiger charge is 2.04. The zero-order valence-corrected chi connectivity index (χ0v) is 12.9. The number of amides is 2. The van der Waals surface area contributed by atoms with Gasteiger partial charge in [-0.1, -0.05) is 18.2 Å². The molecule has 0 atom stereocenters. The molecule has 0 aromatic heterocycles. The Labute approximate surface area is 134 Å². The fourth-order valence-electron chi connectivity index (χ4n) is 1.88. The largest absolute Gasteiger partial charge is 0.366 e. The summed E-state index contributed by atoms with van der Waals surface area (Å²) in [5.41, 5.74) is 6.27. The van der Waals surface area contributed by atoms with Gasteiger partial charge < -0.3 is 11.1 Å². The number of benzene rings is 2. The molecule has 0 bridgehead atoms. The van der Waals surface area contributed by atoms with Crippen molar-refractivity contribution in [2.75, 3.05) is 11.1 Å². The molecule has 3 N–H and O–H groups in total. The van der Waals surface area contributed by atoms with E-state index < -0.39 is 5.91 Å². The molecule has 0 unspecified atom stereocenters. The molecule has 0 spiro atoms. The number of thioether (sulfide) groups is 1. The van der Waals surface area contributed by atoms with Crippen molar-refractivity contribution in [2.45, 2.75) is 17.7 Å². The van der Waals surface area contributed by atoms with E-state index >= 15 is 0 Å². The topological polar surface area (TPSA) is 72.2 Å². The molecule has 0 aliphatic rings. The van der Waals surface area contributed by atoms with E-state index in [9.17, 15) is 9.59 Å². The Morgan fingerprint density at radius 2 is 1.68 bits per heavy atom. The van der Waals surface area contributed by atoms with Gasteiger partial charge in [0.2, 0.25) is 11.8 Å². The molecule has 22 heavy (non-hydrogen) atoms. The minimum atomic E-state index is -0.476. The summed E-state index contributed by atoms with van der Waals surface area (Å²) in [6, 6.07) is 16.7. The summed E-state index contributed by atoms with van der Waals surface area (Å²) < 4.78 is 0. The molecular formula is C17H18N2O2S. The van der Waals surface area contributed by atoms with Crippen LogP contribution in [0.15, 0.2) is 59.5 Å². The Morgan fingerprint density at radius 3 is 2.32 bits per heavy atom. The van der Waals surface area contributed by atoms with Gasteiger partial charge in [0, 0.05) is 22.6 Å². The molecule has 2 aromatic rings. The lowest BCUT2D eigenvalue weighted by Crippen LogP contribution is -2.13. The van der Waals surface area contributed by atoms with E-state index in [0.29, 0.717) is 17.7 Å². The molecular weight excluding hydrogens is 296 g/mol. The van der Waals surface area contributed by atoms with Crippen molar-refractivity contribution in [3.63, 3.8) is 0 Å². The van der Waals surface area contributed by atoms with Crippen LogP contribution >= 0.6 is 11.8 Å². The van der Waals surface area contributed by atoms with E-state index in [1.165, 1.54) is 4.90 Å². The highest BCUT2D eigenvalue weighted by molar-refractivity contribution is 7.99. The normalized spacial score (nSPS) is 10.2. The van der Waals surface area contributed by atoms with Crippen LogP contribution in [0.2, 0.25) is 0 Å². The number of primary amides is 1. The summed E-state index contributed by atoms with van der Waals surface area (Å²) in [6.07, 6.45) is 1.28. The Bertz CT molecular complexity index is 627. The highest BCUT2D eigenvalue weighted by atomic mass is 32.2. The predicted octanol–water partition coefficient (Wildman–Crippen LogP) is 3.30. The van der Waals surface area contributed by atoms with Crippen LogP contribution in [0.1, 0.15) is 23.2 Å². The fourth-order valence-corrected chi connectivity index (χ4v) is 2.75. The standard InChI is InChI=1S/C17H18N2O2S/c18-17(21)13-8-10-14(11-9-13)19-16(20)7-4-12-22-15-5-2-1-3-6-15/h1-3,5-6,8-11H,4,7,12H2,(H2,18,21)(H,19,20). The lowest BCUT2D eigenvalue weighted by Gasteiger charge is -2.06. The van der Waals surface area contributed by atoms with Gasteiger partial charge in [-0.05, 0) is 48.6 Å². The Morgan fingerprint density at radius 1 is 1.00 bits per heavy atom. The number of nitrogens with one attached hydrogen (secondary N) is 1. The van der Waals surface area contributed by atoms with E-state index in [4.69, 9.17) is 5.73 Å². The van der Waals surface area contributed by atoms with Crippen molar-refractivity contribution >= 4 is 29.3 Å². The SMILES string of the molecule is NC(=O)c1ccc(NC(=O)CCCSc2ccccc2)cc1. The van der Waals surface area contributed by atoms with Crippen LogP contribution in [0.25, 0.3) is 0 Å². The van der Waals surface area contributed by atoms with Crippen LogP contribution in [-0.4, -0.2) is 17.6 Å². The lowest BCUT2D eigenvalue weighted by atomic mass is 10.2. The second kappa shape index (κ2) is 8.24. The Hall–Kier alpha value is -2.27. The van der Waals surface area contributed by atoms with Crippen LogP contribution in [-0.2, 0) is 4.79 Å². The summed E-state index contributed by atoms with van der Waals surface area (Å²) in [7, 11) is 0. The van der Waals surface area contributed by atoms with Crippen molar-refractivity contribution in [2.24, 2.45) is 5.73 Å². The fraction of sp³-hybridized carbons (Fsp3) is 0.176. The van der Waals surface area contributed by atoms with E-state index in [1.807, 2.05) is 18.2 Å². The average molecular weight is 314 g/mol. The summed E-state index contributed by atoms with van der Waals surface area (Å²) in [4.78, 5) is 24.0. The zero-order valence-electron chi connectivity index (χ0n) is 12.1. The quantitative estimate of drug-likeness (QED) is 0.608. The first-order chi connectivity index (χ1) is 10.6.